The Kier molecular flexibility index (Phi) is 4.78. The Balaban J connectivity index is 1.81. The highest BCUT2D eigenvalue weighted by atomic mass is 16.5. The van der Waals surface area contributed by atoms with Crippen molar-refractivity contribution in [3.05, 3.63) is 40.6 Å². The number of methoxy groups -OCH3 is 2. The zero-order valence-corrected chi connectivity index (χ0v) is 14.6. The van der Waals surface area contributed by atoms with Crippen molar-refractivity contribution in [3.63, 3.8) is 0 Å². The molecule has 0 N–H and O–H groups in total. The topological polar surface area (TPSA) is 78.6 Å². The molecule has 2 aromatic rings. The van der Waals surface area contributed by atoms with Crippen LogP contribution in [0.1, 0.15) is 24.4 Å². The van der Waals surface area contributed by atoms with E-state index in [1.54, 1.807) is 21.3 Å². The van der Waals surface area contributed by atoms with Crippen molar-refractivity contribution in [1.82, 2.24) is 19.2 Å². The quantitative estimate of drug-likeness (QED) is 0.806. The molecule has 25 heavy (non-hydrogen) atoms. The third kappa shape index (κ3) is 3.24. The maximum Gasteiger partial charge on any atom is 0.345 e. The van der Waals surface area contributed by atoms with Crippen LogP contribution in [0.15, 0.2) is 29.3 Å². The van der Waals surface area contributed by atoms with Crippen molar-refractivity contribution < 1.29 is 14.3 Å². The molecule has 1 fully saturated rings. The molecule has 0 unspecified atom stereocenters. The van der Waals surface area contributed by atoms with Crippen LogP contribution in [0.4, 0.5) is 0 Å². The number of aromatic nitrogens is 3. The summed E-state index contributed by atoms with van der Waals surface area (Å²) in [6, 6.07) is 5.68. The molecule has 134 valence electrons. The second kappa shape index (κ2) is 7.00. The highest BCUT2D eigenvalue weighted by molar-refractivity contribution is 5.77. The Bertz CT molecular complexity index is 826. The zero-order valence-electron chi connectivity index (χ0n) is 14.6. The second-order valence-corrected chi connectivity index (χ2v) is 6.02. The van der Waals surface area contributed by atoms with Crippen LogP contribution >= 0.6 is 0 Å². The normalized spacial score (nSPS) is 16.9. The van der Waals surface area contributed by atoms with Crippen molar-refractivity contribution in [2.75, 3.05) is 20.8 Å². The molecule has 0 radical (unpaired) electrons. The number of rotatable bonds is 5. The minimum absolute atomic E-state index is 0.00351. The lowest BCUT2D eigenvalue weighted by molar-refractivity contribution is -0.132. The Morgan fingerprint density at radius 1 is 1.28 bits per heavy atom. The fourth-order valence-electron chi connectivity index (χ4n) is 3.24. The van der Waals surface area contributed by atoms with Gasteiger partial charge in [-0.25, -0.2) is 9.48 Å². The van der Waals surface area contributed by atoms with E-state index in [9.17, 15) is 9.59 Å². The van der Waals surface area contributed by atoms with Crippen LogP contribution in [0.2, 0.25) is 0 Å². The third-order valence-electron chi connectivity index (χ3n) is 4.56. The fraction of sp³-hybridized carbons (Fsp3) is 0.471. The number of amides is 1. The summed E-state index contributed by atoms with van der Waals surface area (Å²) in [7, 11) is 4.74. The monoisotopic (exact) mass is 346 g/mol. The number of hydrogen-bond donors (Lipinski definition) is 0. The predicted octanol–water partition coefficient (Wildman–Crippen LogP) is 0.963. The van der Waals surface area contributed by atoms with Crippen molar-refractivity contribution >= 4 is 5.91 Å². The van der Waals surface area contributed by atoms with E-state index < -0.39 is 0 Å². The first-order chi connectivity index (χ1) is 12.0. The van der Waals surface area contributed by atoms with Gasteiger partial charge in [-0.2, -0.15) is 5.10 Å². The first-order valence-electron chi connectivity index (χ1n) is 8.15. The number of likely N-dealkylation sites (tertiary alicyclic amines) is 1. The van der Waals surface area contributed by atoms with Crippen LogP contribution in [0.25, 0.3) is 0 Å². The van der Waals surface area contributed by atoms with Gasteiger partial charge in [0.15, 0.2) is 11.5 Å². The molecule has 0 bridgehead atoms. The Labute approximate surface area is 145 Å². The van der Waals surface area contributed by atoms with Gasteiger partial charge in [0.1, 0.15) is 12.9 Å². The van der Waals surface area contributed by atoms with Crippen molar-refractivity contribution in [2.24, 2.45) is 7.05 Å². The molecule has 0 spiro atoms. The van der Waals surface area contributed by atoms with Gasteiger partial charge in [-0.1, -0.05) is 6.07 Å². The van der Waals surface area contributed by atoms with Crippen LogP contribution in [0.3, 0.4) is 0 Å². The smallest absolute Gasteiger partial charge is 0.345 e. The van der Waals surface area contributed by atoms with E-state index in [-0.39, 0.29) is 24.2 Å². The number of carbonyl (C=O) groups excluding carboxylic acids is 1. The van der Waals surface area contributed by atoms with Crippen molar-refractivity contribution in [3.8, 4) is 11.5 Å². The van der Waals surface area contributed by atoms with E-state index >= 15 is 0 Å². The van der Waals surface area contributed by atoms with Gasteiger partial charge in [0.05, 0.1) is 20.3 Å². The Morgan fingerprint density at radius 3 is 2.68 bits per heavy atom. The minimum atomic E-state index is -0.296. The van der Waals surface area contributed by atoms with E-state index in [1.807, 2.05) is 23.1 Å². The molecule has 1 aromatic heterocycles. The van der Waals surface area contributed by atoms with Crippen molar-refractivity contribution in [1.29, 1.82) is 0 Å². The minimum Gasteiger partial charge on any atom is -0.493 e. The molecule has 1 amide bonds. The molecular weight excluding hydrogens is 324 g/mol. The highest BCUT2D eigenvalue weighted by Crippen LogP contribution is 2.36. The average molecular weight is 346 g/mol. The van der Waals surface area contributed by atoms with E-state index in [4.69, 9.17) is 9.47 Å². The summed E-state index contributed by atoms with van der Waals surface area (Å²) < 4.78 is 13.2. The number of nitrogens with zero attached hydrogens (tertiary/aromatic N) is 4. The Morgan fingerprint density at radius 2 is 2.04 bits per heavy atom. The second-order valence-electron chi connectivity index (χ2n) is 6.02. The van der Waals surface area contributed by atoms with Crippen LogP contribution in [-0.2, 0) is 18.4 Å². The maximum absolute atomic E-state index is 12.7. The standard InChI is InChI=1S/C17H22N4O4/c1-19-17(23)20(11-18-19)10-16(22)21-8-4-5-13(21)12-6-7-14(24-2)15(9-12)25-3/h6-7,9,11,13H,4-5,8,10H2,1-3H3/t13-/m0/s1. The molecule has 1 saturated heterocycles. The van der Waals surface area contributed by atoms with Crippen LogP contribution in [-0.4, -0.2) is 45.9 Å². The first-order valence-corrected chi connectivity index (χ1v) is 8.15. The molecular formula is C17H22N4O4. The highest BCUT2D eigenvalue weighted by Gasteiger charge is 2.30. The van der Waals surface area contributed by atoms with E-state index in [1.165, 1.54) is 15.6 Å². The summed E-state index contributed by atoms with van der Waals surface area (Å²) >= 11 is 0. The summed E-state index contributed by atoms with van der Waals surface area (Å²) in [6.45, 7) is 0.670. The summed E-state index contributed by atoms with van der Waals surface area (Å²) in [6.07, 6.45) is 3.19. The summed E-state index contributed by atoms with van der Waals surface area (Å²) in [5.41, 5.74) is 0.706. The molecule has 2 heterocycles. The molecule has 1 aliphatic heterocycles. The number of ether oxygens (including phenoxy) is 2. The largest absolute Gasteiger partial charge is 0.493 e. The molecule has 1 aliphatic rings. The summed E-state index contributed by atoms with van der Waals surface area (Å²) in [5, 5.41) is 3.88. The average Bonchev–Trinajstić information content (AvgIpc) is 3.23. The van der Waals surface area contributed by atoms with Gasteiger partial charge >= 0.3 is 5.69 Å². The van der Waals surface area contributed by atoms with Crippen LogP contribution < -0.4 is 15.2 Å². The first kappa shape index (κ1) is 17.1. The van der Waals surface area contributed by atoms with Gasteiger partial charge in [0, 0.05) is 13.6 Å². The van der Waals surface area contributed by atoms with Gasteiger partial charge < -0.3 is 14.4 Å². The van der Waals surface area contributed by atoms with Crippen LogP contribution in [0, 0.1) is 0 Å². The fourth-order valence-corrected chi connectivity index (χ4v) is 3.24. The molecule has 8 heteroatoms. The third-order valence-corrected chi connectivity index (χ3v) is 4.56. The molecule has 0 aliphatic carbocycles. The lowest BCUT2D eigenvalue weighted by atomic mass is 10.0. The molecule has 1 aromatic carbocycles. The van der Waals surface area contributed by atoms with E-state index in [0.29, 0.717) is 18.0 Å². The summed E-state index contributed by atoms with van der Waals surface area (Å²) in [5.74, 6) is 1.21. The predicted molar refractivity (Wildman–Crippen MR) is 90.7 cm³/mol. The van der Waals surface area contributed by atoms with Gasteiger partial charge in [-0.3, -0.25) is 9.36 Å². The summed E-state index contributed by atoms with van der Waals surface area (Å²) in [4.78, 5) is 26.4. The maximum atomic E-state index is 12.7. The van der Waals surface area contributed by atoms with E-state index in [2.05, 4.69) is 5.10 Å². The van der Waals surface area contributed by atoms with Crippen LogP contribution in [0.5, 0.6) is 11.5 Å². The van der Waals surface area contributed by atoms with Gasteiger partial charge in [0.25, 0.3) is 0 Å². The van der Waals surface area contributed by atoms with Gasteiger partial charge in [-0.15, -0.1) is 0 Å². The molecule has 8 nitrogen and oxygen atoms in total. The number of hydrogen-bond acceptors (Lipinski definition) is 5. The molecule has 0 saturated carbocycles. The molecule has 1 atom stereocenters. The number of benzene rings is 1. The van der Waals surface area contributed by atoms with Crippen molar-refractivity contribution in [2.45, 2.75) is 25.4 Å². The van der Waals surface area contributed by atoms with E-state index in [0.717, 1.165) is 18.4 Å². The molecule has 3 rings (SSSR count). The van der Waals surface area contributed by atoms with Gasteiger partial charge in [-0.05, 0) is 30.5 Å². The SMILES string of the molecule is COc1ccc([C@@H]2CCCN2C(=O)Cn2cnn(C)c2=O)cc1OC. The van der Waals surface area contributed by atoms with Gasteiger partial charge in [0.2, 0.25) is 5.91 Å². The lowest BCUT2D eigenvalue weighted by Crippen LogP contribution is -2.36. The zero-order chi connectivity index (χ0) is 18.0. The number of aryl methyl sites for hydroxylation is 1. The lowest BCUT2D eigenvalue weighted by Gasteiger charge is -2.25. The Hall–Kier alpha value is -2.77. The number of carbonyl (C=O) groups is 1.